The van der Waals surface area contributed by atoms with Crippen molar-refractivity contribution in [3.05, 3.63) is 32.5 Å². The van der Waals surface area contributed by atoms with Gasteiger partial charge in [-0.05, 0) is 16.0 Å². The number of halogens is 4. The van der Waals surface area contributed by atoms with Gasteiger partial charge in [0.2, 0.25) is 0 Å². The molecule has 1 aromatic heterocycles. The highest BCUT2D eigenvalue weighted by atomic mass is 35.5. The van der Waals surface area contributed by atoms with Crippen molar-refractivity contribution in [2.24, 2.45) is 0 Å². The Morgan fingerprint density at radius 3 is 2.60 bits per heavy atom. The normalized spacial score (nSPS) is 10.7. The molecule has 0 N–H and O–H groups in total. The Balaban J connectivity index is 3.39. The minimum Gasteiger partial charge on any atom is -0.358 e. The van der Waals surface area contributed by atoms with Gasteiger partial charge in [-0.2, -0.15) is 0 Å². The summed E-state index contributed by atoms with van der Waals surface area (Å²) in [4.78, 5) is 12.8. The van der Waals surface area contributed by atoms with E-state index >= 15 is 0 Å². The summed E-state index contributed by atoms with van der Waals surface area (Å²) < 4.78 is 24.7. The maximum atomic E-state index is 12.4. The molecule has 0 saturated carbocycles. The molecule has 8 heteroatoms. The Morgan fingerprint density at radius 1 is 1.60 bits per heavy atom. The van der Waals surface area contributed by atoms with Crippen molar-refractivity contribution in [3.63, 3.8) is 0 Å². The number of aromatic nitrogens is 1. The molecule has 82 valence electrons. The number of rotatable bonds is 3. The average molecular weight is 257 g/mol. The molecule has 0 aliphatic carbocycles. The number of hydrogen-bond donors (Lipinski definition) is 0. The lowest BCUT2D eigenvalue weighted by atomic mass is 10.2. The highest BCUT2D eigenvalue weighted by Gasteiger charge is 2.26. The molecule has 1 aromatic rings. The van der Waals surface area contributed by atoms with Gasteiger partial charge in [0, 0.05) is 0 Å². The van der Waals surface area contributed by atoms with E-state index in [0.717, 1.165) is 6.07 Å². The third kappa shape index (κ3) is 2.51. The van der Waals surface area contributed by atoms with Crippen LogP contribution in [-0.4, -0.2) is 9.91 Å². The maximum absolute atomic E-state index is 12.4. The molecule has 15 heavy (non-hydrogen) atoms. The van der Waals surface area contributed by atoms with E-state index < -0.39 is 22.7 Å². The van der Waals surface area contributed by atoms with Crippen LogP contribution in [0.2, 0.25) is 5.02 Å². The topological polar surface area (TPSA) is 56.0 Å². The van der Waals surface area contributed by atoms with E-state index in [4.69, 9.17) is 23.2 Å². The fourth-order valence-corrected chi connectivity index (χ4v) is 1.43. The van der Waals surface area contributed by atoms with Gasteiger partial charge in [0.1, 0.15) is 5.56 Å². The summed E-state index contributed by atoms with van der Waals surface area (Å²) in [7, 11) is 0. The van der Waals surface area contributed by atoms with Gasteiger partial charge in [0.25, 0.3) is 6.43 Å². The smallest absolute Gasteiger partial charge is 0.358 e. The van der Waals surface area contributed by atoms with Crippen molar-refractivity contribution in [2.75, 3.05) is 0 Å². The van der Waals surface area contributed by atoms with Crippen molar-refractivity contribution in [3.8, 4) is 0 Å². The molecular formula is C7H4Cl2F2N2O2. The molecule has 0 radical (unpaired) electrons. The van der Waals surface area contributed by atoms with Crippen LogP contribution in [0.15, 0.2) is 6.07 Å². The second-order valence-electron chi connectivity index (χ2n) is 2.52. The maximum Gasteiger partial charge on any atom is 0.372 e. The van der Waals surface area contributed by atoms with Crippen molar-refractivity contribution in [2.45, 2.75) is 12.3 Å². The molecular weight excluding hydrogens is 253 g/mol. The predicted molar refractivity (Wildman–Crippen MR) is 50.4 cm³/mol. The van der Waals surface area contributed by atoms with Crippen molar-refractivity contribution in [1.29, 1.82) is 0 Å². The van der Waals surface area contributed by atoms with Crippen LogP contribution in [0.1, 0.15) is 17.7 Å². The third-order valence-electron chi connectivity index (χ3n) is 1.59. The first-order valence-corrected chi connectivity index (χ1v) is 4.56. The van der Waals surface area contributed by atoms with E-state index in [1.165, 1.54) is 0 Å². The highest BCUT2D eigenvalue weighted by molar-refractivity contribution is 6.32. The second-order valence-corrected chi connectivity index (χ2v) is 3.20. The van der Waals surface area contributed by atoms with Crippen LogP contribution in [0.3, 0.4) is 0 Å². The van der Waals surface area contributed by atoms with Gasteiger partial charge in [0.05, 0.1) is 10.9 Å². The van der Waals surface area contributed by atoms with Gasteiger partial charge in [0.15, 0.2) is 5.69 Å². The predicted octanol–water partition coefficient (Wildman–Crippen LogP) is 3.32. The molecule has 0 bridgehead atoms. The fraction of sp³-hybridized carbons (Fsp3) is 0.286. The first-order valence-electron chi connectivity index (χ1n) is 3.65. The number of nitro groups is 1. The molecule has 0 unspecified atom stereocenters. The Labute approximate surface area is 93.0 Å². The molecule has 0 atom stereocenters. The Hall–Kier alpha value is -1.01. The molecule has 1 rings (SSSR count). The zero-order chi connectivity index (χ0) is 11.6. The van der Waals surface area contributed by atoms with Crippen molar-refractivity contribution in [1.82, 2.24) is 4.98 Å². The number of hydrogen-bond acceptors (Lipinski definition) is 3. The van der Waals surface area contributed by atoms with E-state index in [1.807, 2.05) is 0 Å². The SMILES string of the molecule is O=[N+]([O-])c1nc(CCl)c(Cl)cc1C(F)F. The van der Waals surface area contributed by atoms with Crippen LogP contribution < -0.4 is 0 Å². The summed E-state index contributed by atoms with van der Waals surface area (Å²) >= 11 is 10.9. The molecule has 0 aliphatic heterocycles. The van der Waals surface area contributed by atoms with Crippen LogP contribution in [-0.2, 0) is 5.88 Å². The van der Waals surface area contributed by atoms with Crippen LogP contribution in [0.5, 0.6) is 0 Å². The van der Waals surface area contributed by atoms with Gasteiger partial charge in [-0.1, -0.05) is 11.6 Å². The average Bonchev–Trinajstić information content (AvgIpc) is 2.16. The lowest BCUT2D eigenvalue weighted by Gasteiger charge is -2.03. The van der Waals surface area contributed by atoms with Gasteiger partial charge < -0.3 is 10.1 Å². The van der Waals surface area contributed by atoms with Crippen LogP contribution >= 0.6 is 23.2 Å². The molecule has 0 amide bonds. The van der Waals surface area contributed by atoms with E-state index in [9.17, 15) is 18.9 Å². The summed E-state index contributed by atoms with van der Waals surface area (Å²) in [5.41, 5.74) is -0.798. The minimum atomic E-state index is -3.00. The molecule has 0 spiro atoms. The van der Waals surface area contributed by atoms with E-state index in [2.05, 4.69) is 4.98 Å². The largest absolute Gasteiger partial charge is 0.372 e. The molecule has 0 aliphatic rings. The second kappa shape index (κ2) is 4.67. The Morgan fingerprint density at radius 2 is 2.20 bits per heavy atom. The monoisotopic (exact) mass is 256 g/mol. The lowest BCUT2D eigenvalue weighted by molar-refractivity contribution is -0.391. The highest BCUT2D eigenvalue weighted by Crippen LogP contribution is 2.31. The summed E-state index contributed by atoms with van der Waals surface area (Å²) in [6, 6.07) is 0.815. The van der Waals surface area contributed by atoms with Crippen LogP contribution in [0, 0.1) is 10.1 Å². The zero-order valence-electron chi connectivity index (χ0n) is 7.08. The van der Waals surface area contributed by atoms with E-state index in [-0.39, 0.29) is 16.6 Å². The molecule has 0 fully saturated rings. The minimum absolute atomic E-state index is 0.00873. The van der Waals surface area contributed by atoms with Crippen LogP contribution in [0.4, 0.5) is 14.6 Å². The fourth-order valence-electron chi connectivity index (χ4n) is 0.931. The summed E-state index contributed by atoms with van der Waals surface area (Å²) in [5, 5.41) is 10.3. The number of pyridine rings is 1. The van der Waals surface area contributed by atoms with Gasteiger partial charge in [-0.3, -0.25) is 0 Å². The standard InChI is InChI=1S/C7H4Cl2F2N2O2/c8-2-5-4(9)1-3(6(10)11)7(12-5)13(14)15/h1,6H,2H2. The van der Waals surface area contributed by atoms with Crippen molar-refractivity contribution < 1.29 is 13.7 Å². The Bertz CT molecular complexity index is 401. The summed E-state index contributed by atoms with van der Waals surface area (Å²) in [6.45, 7) is 0. The number of nitrogens with zero attached hydrogens (tertiary/aromatic N) is 2. The van der Waals surface area contributed by atoms with Gasteiger partial charge >= 0.3 is 5.82 Å². The molecule has 0 saturated heterocycles. The van der Waals surface area contributed by atoms with Crippen LogP contribution in [0.25, 0.3) is 0 Å². The summed E-state index contributed by atoms with van der Waals surface area (Å²) in [5.74, 6) is -1.09. The van der Waals surface area contributed by atoms with Gasteiger partial charge in [-0.25, -0.2) is 8.78 Å². The first kappa shape index (κ1) is 12.1. The first-order chi connectivity index (χ1) is 6.97. The molecule has 0 aromatic carbocycles. The Kier molecular flexibility index (Phi) is 3.76. The third-order valence-corrected chi connectivity index (χ3v) is 2.17. The number of alkyl halides is 3. The van der Waals surface area contributed by atoms with E-state index in [1.54, 1.807) is 0 Å². The summed E-state index contributed by atoms with van der Waals surface area (Å²) in [6.07, 6.45) is -3.00. The molecule has 4 nitrogen and oxygen atoms in total. The zero-order valence-corrected chi connectivity index (χ0v) is 8.60. The van der Waals surface area contributed by atoms with Gasteiger partial charge in [-0.15, -0.1) is 11.6 Å². The van der Waals surface area contributed by atoms with E-state index in [0.29, 0.717) is 0 Å². The molecule has 1 heterocycles. The lowest BCUT2D eigenvalue weighted by Crippen LogP contribution is -2.02. The quantitative estimate of drug-likeness (QED) is 0.474. The van der Waals surface area contributed by atoms with Crippen molar-refractivity contribution >= 4 is 29.0 Å².